The highest BCUT2D eigenvalue weighted by Gasteiger charge is 2.27. The summed E-state index contributed by atoms with van der Waals surface area (Å²) in [6.45, 7) is 3.68. The van der Waals surface area contributed by atoms with E-state index in [0.717, 1.165) is 0 Å². The summed E-state index contributed by atoms with van der Waals surface area (Å²) in [5.74, 6) is -0.840. The minimum atomic E-state index is -3.48. The molecule has 0 fully saturated rings. The van der Waals surface area contributed by atoms with Crippen molar-refractivity contribution < 1.29 is 32.7 Å². The highest BCUT2D eigenvalue weighted by Crippen LogP contribution is 2.47. The van der Waals surface area contributed by atoms with Crippen LogP contribution in [0, 0.1) is 0 Å². The van der Waals surface area contributed by atoms with Crippen molar-refractivity contribution >= 4 is 25.2 Å². The van der Waals surface area contributed by atoms with Gasteiger partial charge < -0.3 is 23.8 Å². The summed E-state index contributed by atoms with van der Waals surface area (Å²) >= 11 is 0. The number of nitrogens with one attached hydrogen (secondary N) is 1. The smallest absolute Gasteiger partial charge is 0.341 e. The molecule has 0 atom stereocenters. The van der Waals surface area contributed by atoms with Crippen LogP contribution < -0.4 is 10.1 Å². The fourth-order valence-corrected chi connectivity index (χ4v) is 3.42. The maximum absolute atomic E-state index is 12.3. The minimum absolute atomic E-state index is 0.173. The Kier molecular flexibility index (Phi) is 7.91. The van der Waals surface area contributed by atoms with E-state index in [0.29, 0.717) is 5.69 Å². The average molecular weight is 359 g/mol. The first-order chi connectivity index (χ1) is 11.4. The highest BCUT2D eigenvalue weighted by atomic mass is 31.2. The van der Waals surface area contributed by atoms with Crippen LogP contribution in [0.25, 0.3) is 0 Å². The molecular formula is C15H22NO7P. The molecule has 0 aromatic heterocycles. The van der Waals surface area contributed by atoms with Crippen LogP contribution in [0.1, 0.15) is 24.2 Å². The molecule has 1 aromatic carbocycles. The first kappa shape index (κ1) is 20.2. The molecule has 0 aliphatic carbocycles. The predicted molar refractivity (Wildman–Crippen MR) is 88.7 cm³/mol. The van der Waals surface area contributed by atoms with E-state index in [4.69, 9.17) is 13.8 Å². The number of rotatable bonds is 9. The van der Waals surface area contributed by atoms with Gasteiger partial charge in [-0.3, -0.25) is 9.36 Å². The van der Waals surface area contributed by atoms with E-state index in [1.54, 1.807) is 13.8 Å². The quantitative estimate of drug-likeness (QED) is 0.534. The zero-order chi connectivity index (χ0) is 18.2. The molecule has 0 aliphatic rings. The van der Waals surface area contributed by atoms with Crippen LogP contribution in [0.2, 0.25) is 0 Å². The number of hydrogen-bond donors (Lipinski definition) is 1. The van der Waals surface area contributed by atoms with Crippen LogP contribution in [0.15, 0.2) is 18.2 Å². The first-order valence-corrected chi connectivity index (χ1v) is 9.06. The van der Waals surface area contributed by atoms with Crippen molar-refractivity contribution in [3.63, 3.8) is 0 Å². The number of ether oxygens (including phenoxy) is 2. The molecule has 0 saturated carbocycles. The summed E-state index contributed by atoms with van der Waals surface area (Å²) in [4.78, 5) is 23.7. The van der Waals surface area contributed by atoms with E-state index >= 15 is 0 Å². The van der Waals surface area contributed by atoms with Crippen LogP contribution in [-0.4, -0.2) is 45.5 Å². The summed E-state index contributed by atoms with van der Waals surface area (Å²) in [7, 11) is -0.824. The number of benzene rings is 1. The average Bonchev–Trinajstić information content (AvgIpc) is 2.53. The Morgan fingerprint density at radius 3 is 2.25 bits per heavy atom. The van der Waals surface area contributed by atoms with Gasteiger partial charge >= 0.3 is 13.6 Å². The van der Waals surface area contributed by atoms with Gasteiger partial charge in [-0.05, 0) is 26.0 Å². The summed E-state index contributed by atoms with van der Waals surface area (Å²) < 4.78 is 32.2. The Labute approximate surface area is 141 Å². The van der Waals surface area contributed by atoms with Gasteiger partial charge in [-0.1, -0.05) is 0 Å². The second-order valence-corrected chi connectivity index (χ2v) is 6.61. The lowest BCUT2D eigenvalue weighted by Gasteiger charge is -2.16. The van der Waals surface area contributed by atoms with Gasteiger partial charge in [0.2, 0.25) is 5.91 Å². The fourth-order valence-electron chi connectivity index (χ4n) is 1.95. The van der Waals surface area contributed by atoms with Gasteiger partial charge in [0.1, 0.15) is 17.5 Å². The van der Waals surface area contributed by atoms with Crippen LogP contribution >= 0.6 is 7.60 Å². The first-order valence-electron chi connectivity index (χ1n) is 7.33. The molecule has 1 N–H and O–H groups in total. The number of esters is 1. The molecule has 0 radical (unpaired) electrons. The van der Waals surface area contributed by atoms with E-state index in [2.05, 4.69) is 10.1 Å². The monoisotopic (exact) mass is 359 g/mol. The van der Waals surface area contributed by atoms with Crippen LogP contribution in [0.5, 0.6) is 5.75 Å². The van der Waals surface area contributed by atoms with Crippen molar-refractivity contribution in [2.24, 2.45) is 0 Å². The molecule has 0 heterocycles. The van der Waals surface area contributed by atoms with Gasteiger partial charge in [0.15, 0.2) is 0 Å². The van der Waals surface area contributed by atoms with Gasteiger partial charge in [-0.15, -0.1) is 0 Å². The van der Waals surface area contributed by atoms with Crippen molar-refractivity contribution in [3.05, 3.63) is 23.8 Å². The molecule has 134 valence electrons. The summed E-state index contributed by atoms with van der Waals surface area (Å²) in [6, 6.07) is 4.44. The third-order valence-electron chi connectivity index (χ3n) is 2.88. The Hall–Kier alpha value is -1.89. The number of anilines is 1. The third kappa shape index (κ3) is 5.63. The highest BCUT2D eigenvalue weighted by molar-refractivity contribution is 7.54. The molecule has 0 saturated heterocycles. The topological polar surface area (TPSA) is 100 Å². The van der Waals surface area contributed by atoms with E-state index in [1.165, 1.54) is 32.4 Å². The number of hydrogen-bond acceptors (Lipinski definition) is 7. The van der Waals surface area contributed by atoms with Gasteiger partial charge in [0, 0.05) is 11.8 Å². The van der Waals surface area contributed by atoms with Crippen LogP contribution in [0.3, 0.4) is 0 Å². The second kappa shape index (κ2) is 9.42. The standard InChI is InChI=1S/C15H22NO7P/c1-5-22-24(19,23-6-2)10-14(17)16-11-7-8-12(15(18)21-4)13(9-11)20-3/h7-9H,5-6,10H2,1-4H3,(H,16,17). The predicted octanol–water partition coefficient (Wildman–Crippen LogP) is 2.69. The number of methoxy groups -OCH3 is 2. The molecule has 1 aromatic rings. The SMILES string of the molecule is CCOP(=O)(CC(=O)Nc1ccc(C(=O)OC)c(OC)c1)OCC. The lowest BCUT2D eigenvalue weighted by Crippen LogP contribution is -2.18. The van der Waals surface area contributed by atoms with Crippen molar-refractivity contribution in [3.8, 4) is 5.75 Å². The molecule has 9 heteroatoms. The van der Waals surface area contributed by atoms with Crippen molar-refractivity contribution in [1.82, 2.24) is 0 Å². The molecule has 0 aliphatic heterocycles. The molecule has 24 heavy (non-hydrogen) atoms. The molecule has 0 unspecified atom stereocenters. The van der Waals surface area contributed by atoms with Gasteiger partial charge in [0.05, 0.1) is 27.4 Å². The Balaban J connectivity index is 2.87. The van der Waals surface area contributed by atoms with E-state index in [9.17, 15) is 14.2 Å². The van der Waals surface area contributed by atoms with Gasteiger partial charge in [-0.25, -0.2) is 4.79 Å². The molecule has 1 rings (SSSR count). The molecule has 0 bridgehead atoms. The largest absolute Gasteiger partial charge is 0.496 e. The second-order valence-electron chi connectivity index (χ2n) is 4.56. The molecule has 8 nitrogen and oxygen atoms in total. The van der Waals surface area contributed by atoms with Crippen molar-refractivity contribution in [2.45, 2.75) is 13.8 Å². The summed E-state index contributed by atoms with van der Waals surface area (Å²) in [5, 5.41) is 2.57. The zero-order valence-electron chi connectivity index (χ0n) is 14.2. The maximum atomic E-state index is 12.3. The third-order valence-corrected chi connectivity index (χ3v) is 4.86. The summed E-state index contributed by atoms with van der Waals surface area (Å²) in [6.07, 6.45) is -0.407. The molecule has 0 spiro atoms. The molecule has 1 amide bonds. The van der Waals surface area contributed by atoms with Crippen LogP contribution in [0.4, 0.5) is 5.69 Å². The zero-order valence-corrected chi connectivity index (χ0v) is 15.1. The van der Waals surface area contributed by atoms with Crippen molar-refractivity contribution in [2.75, 3.05) is 38.9 Å². The lowest BCUT2D eigenvalue weighted by molar-refractivity contribution is -0.114. The Bertz CT molecular complexity index is 622. The van der Waals surface area contributed by atoms with E-state index in [-0.39, 0.29) is 24.5 Å². The molecular weight excluding hydrogens is 337 g/mol. The Morgan fingerprint density at radius 2 is 1.75 bits per heavy atom. The number of carbonyl (C=O) groups is 2. The Morgan fingerprint density at radius 1 is 1.12 bits per heavy atom. The lowest BCUT2D eigenvalue weighted by atomic mass is 10.2. The number of carbonyl (C=O) groups excluding carboxylic acids is 2. The van der Waals surface area contributed by atoms with Gasteiger partial charge in [0.25, 0.3) is 0 Å². The van der Waals surface area contributed by atoms with E-state index in [1.807, 2.05) is 0 Å². The van der Waals surface area contributed by atoms with Gasteiger partial charge in [-0.2, -0.15) is 0 Å². The summed E-state index contributed by atoms with van der Waals surface area (Å²) in [5.41, 5.74) is 0.608. The maximum Gasteiger partial charge on any atom is 0.341 e. The normalized spacial score (nSPS) is 11.0. The number of amides is 1. The minimum Gasteiger partial charge on any atom is -0.496 e. The fraction of sp³-hybridized carbons (Fsp3) is 0.467. The van der Waals surface area contributed by atoms with Crippen LogP contribution in [-0.2, 0) is 23.1 Å². The van der Waals surface area contributed by atoms with E-state index < -0.39 is 25.6 Å². The van der Waals surface area contributed by atoms with Crippen molar-refractivity contribution in [1.29, 1.82) is 0 Å².